The molecule has 0 spiro atoms. The molecule has 0 saturated heterocycles. The van der Waals surface area contributed by atoms with Gasteiger partial charge in [0.25, 0.3) is 0 Å². The Morgan fingerprint density at radius 2 is 2.06 bits per heavy atom. The van der Waals surface area contributed by atoms with Crippen molar-refractivity contribution in [1.29, 1.82) is 0 Å². The molecular formula is C12H15Br2N3. The van der Waals surface area contributed by atoms with Gasteiger partial charge < -0.3 is 5.73 Å². The third-order valence-corrected chi connectivity index (χ3v) is 4.29. The molecule has 0 fully saturated rings. The van der Waals surface area contributed by atoms with Crippen molar-refractivity contribution < 1.29 is 0 Å². The average molecular weight is 361 g/mol. The summed E-state index contributed by atoms with van der Waals surface area (Å²) in [5.74, 6) is 0.757. The van der Waals surface area contributed by atoms with Crippen LogP contribution >= 0.6 is 31.9 Å². The summed E-state index contributed by atoms with van der Waals surface area (Å²) in [7, 11) is 0. The van der Waals surface area contributed by atoms with Gasteiger partial charge in [-0.15, -0.1) is 0 Å². The minimum absolute atomic E-state index is 0.757. The molecule has 0 bridgehead atoms. The lowest BCUT2D eigenvalue weighted by Crippen LogP contribution is -2.00. The summed E-state index contributed by atoms with van der Waals surface area (Å²) in [6.45, 7) is 4.20. The highest BCUT2D eigenvalue weighted by Gasteiger charge is 2.14. The molecule has 0 aliphatic heterocycles. The van der Waals surface area contributed by atoms with E-state index in [2.05, 4.69) is 43.8 Å². The van der Waals surface area contributed by atoms with Crippen LogP contribution in [0.2, 0.25) is 0 Å². The second-order valence-corrected chi connectivity index (χ2v) is 5.84. The Labute approximate surface area is 118 Å². The number of nitrogen functional groups attached to an aromatic ring is 1. The van der Waals surface area contributed by atoms with Crippen LogP contribution in [0.3, 0.4) is 0 Å². The molecule has 2 aromatic rings. The van der Waals surface area contributed by atoms with E-state index in [9.17, 15) is 0 Å². The lowest BCUT2D eigenvalue weighted by molar-refractivity contribution is 0.783. The monoisotopic (exact) mass is 359 g/mol. The molecule has 2 N–H and O–H groups in total. The van der Waals surface area contributed by atoms with E-state index in [-0.39, 0.29) is 0 Å². The maximum Gasteiger partial charge on any atom is 0.153 e. The van der Waals surface area contributed by atoms with Gasteiger partial charge in [0.05, 0.1) is 10.2 Å². The fourth-order valence-corrected chi connectivity index (χ4v) is 3.10. The molecule has 0 amide bonds. The number of hydrogen-bond acceptors (Lipinski definition) is 2. The number of aryl methyl sites for hydroxylation is 2. The van der Waals surface area contributed by atoms with Crippen LogP contribution in [0.25, 0.3) is 5.65 Å². The van der Waals surface area contributed by atoms with Crippen molar-refractivity contribution in [3.63, 3.8) is 0 Å². The average Bonchev–Trinajstić information content (AvgIpc) is 2.62. The molecule has 5 heteroatoms. The largest absolute Gasteiger partial charge is 0.383 e. The lowest BCUT2D eigenvalue weighted by Gasteiger charge is -2.06. The number of aromatic nitrogens is 2. The molecule has 92 valence electrons. The minimum Gasteiger partial charge on any atom is -0.383 e. The lowest BCUT2D eigenvalue weighted by atomic mass is 10.2. The first-order valence-electron chi connectivity index (χ1n) is 5.67. The Bertz CT molecular complexity index is 561. The van der Waals surface area contributed by atoms with E-state index in [0.717, 1.165) is 51.1 Å². The predicted octanol–water partition coefficient (Wildman–Crippen LogP) is 4.09. The molecule has 3 nitrogen and oxygen atoms in total. The Balaban J connectivity index is 2.65. The van der Waals surface area contributed by atoms with Gasteiger partial charge in [0.1, 0.15) is 5.82 Å². The van der Waals surface area contributed by atoms with Crippen LogP contribution in [0.4, 0.5) is 5.82 Å². The molecule has 0 radical (unpaired) electrons. The van der Waals surface area contributed by atoms with Gasteiger partial charge in [-0.1, -0.05) is 13.3 Å². The van der Waals surface area contributed by atoms with E-state index in [1.807, 2.05) is 17.4 Å². The molecule has 2 aromatic heterocycles. The molecule has 0 aliphatic carbocycles. The van der Waals surface area contributed by atoms with Gasteiger partial charge in [-0.2, -0.15) is 0 Å². The highest BCUT2D eigenvalue weighted by molar-refractivity contribution is 9.11. The van der Waals surface area contributed by atoms with Crippen LogP contribution in [0, 0.1) is 6.92 Å². The smallest absolute Gasteiger partial charge is 0.153 e. The predicted molar refractivity (Wildman–Crippen MR) is 78.4 cm³/mol. The summed E-state index contributed by atoms with van der Waals surface area (Å²) in [6.07, 6.45) is 3.20. The molecule has 0 aromatic carbocycles. The zero-order valence-electron chi connectivity index (χ0n) is 9.93. The highest BCUT2D eigenvalue weighted by atomic mass is 79.9. The number of pyridine rings is 1. The Morgan fingerprint density at radius 3 is 2.71 bits per heavy atom. The van der Waals surface area contributed by atoms with Crippen LogP contribution in [0.5, 0.6) is 0 Å². The molecule has 0 atom stereocenters. The number of hydrogen-bond donors (Lipinski definition) is 1. The Kier molecular flexibility index (Phi) is 3.78. The topological polar surface area (TPSA) is 43.3 Å². The number of fused-ring (bicyclic) bond motifs is 1. The summed E-state index contributed by atoms with van der Waals surface area (Å²) in [4.78, 5) is 4.62. The Hall–Kier alpha value is -0.550. The fourth-order valence-electron chi connectivity index (χ4n) is 1.89. The maximum absolute atomic E-state index is 6.18. The Morgan fingerprint density at radius 1 is 1.35 bits per heavy atom. The van der Waals surface area contributed by atoms with E-state index >= 15 is 0 Å². The standard InChI is InChI=1S/C12H15Br2N3/c1-3-4-5-10-11(15)17-7(2)8(13)6-9(14)12(17)16-10/h6H,3-5,15H2,1-2H3. The van der Waals surface area contributed by atoms with Gasteiger partial charge in [-0.25, -0.2) is 4.98 Å². The SMILES string of the molecule is CCCCc1nc2c(Br)cc(Br)c(C)n2c1N. The quantitative estimate of drug-likeness (QED) is 0.895. The number of unbranched alkanes of at least 4 members (excludes halogenated alkanes) is 1. The van der Waals surface area contributed by atoms with E-state index in [1.54, 1.807) is 0 Å². The van der Waals surface area contributed by atoms with Crippen LogP contribution in [0.1, 0.15) is 31.2 Å². The first kappa shape index (κ1) is 12.9. The summed E-state index contributed by atoms with van der Waals surface area (Å²) < 4.78 is 3.99. The molecule has 0 saturated carbocycles. The molecule has 0 unspecified atom stereocenters. The highest BCUT2D eigenvalue weighted by Crippen LogP contribution is 2.29. The first-order chi connectivity index (χ1) is 8.06. The van der Waals surface area contributed by atoms with E-state index < -0.39 is 0 Å². The van der Waals surface area contributed by atoms with E-state index in [4.69, 9.17) is 5.73 Å². The molecular weight excluding hydrogens is 346 g/mol. The van der Waals surface area contributed by atoms with Crippen LogP contribution in [-0.2, 0) is 6.42 Å². The van der Waals surface area contributed by atoms with Crippen LogP contribution in [-0.4, -0.2) is 9.38 Å². The van der Waals surface area contributed by atoms with Crippen molar-refractivity contribution in [2.75, 3.05) is 5.73 Å². The normalized spacial score (nSPS) is 11.3. The molecule has 2 heterocycles. The van der Waals surface area contributed by atoms with Crippen molar-refractivity contribution in [3.8, 4) is 0 Å². The first-order valence-corrected chi connectivity index (χ1v) is 7.26. The molecule has 0 aliphatic rings. The zero-order valence-corrected chi connectivity index (χ0v) is 13.1. The summed E-state index contributed by atoms with van der Waals surface area (Å²) in [5.41, 5.74) is 9.15. The van der Waals surface area contributed by atoms with Crippen molar-refractivity contribution in [2.24, 2.45) is 0 Å². The number of rotatable bonds is 3. The van der Waals surface area contributed by atoms with Crippen LogP contribution in [0.15, 0.2) is 15.0 Å². The second-order valence-electron chi connectivity index (χ2n) is 4.13. The third kappa shape index (κ3) is 2.22. The van der Waals surface area contributed by atoms with Gasteiger partial charge in [0.2, 0.25) is 0 Å². The van der Waals surface area contributed by atoms with Gasteiger partial charge in [0, 0.05) is 10.2 Å². The van der Waals surface area contributed by atoms with Crippen LogP contribution < -0.4 is 5.73 Å². The van der Waals surface area contributed by atoms with Gasteiger partial charge >= 0.3 is 0 Å². The van der Waals surface area contributed by atoms with Crippen molar-refractivity contribution >= 4 is 43.3 Å². The third-order valence-electron chi connectivity index (χ3n) is 2.90. The zero-order chi connectivity index (χ0) is 12.6. The van der Waals surface area contributed by atoms with Gasteiger partial charge in [-0.05, 0) is 57.7 Å². The summed E-state index contributed by atoms with van der Waals surface area (Å²) >= 11 is 7.06. The number of imidazole rings is 1. The van der Waals surface area contributed by atoms with Crippen molar-refractivity contribution in [1.82, 2.24) is 9.38 Å². The van der Waals surface area contributed by atoms with Gasteiger partial charge in [-0.3, -0.25) is 4.40 Å². The minimum atomic E-state index is 0.757. The summed E-state index contributed by atoms with van der Waals surface area (Å²) in [5, 5.41) is 0. The summed E-state index contributed by atoms with van der Waals surface area (Å²) in [6, 6.07) is 2.01. The van der Waals surface area contributed by atoms with Crippen molar-refractivity contribution in [3.05, 3.63) is 26.4 Å². The second kappa shape index (κ2) is 4.98. The number of nitrogens with zero attached hydrogens (tertiary/aromatic N) is 2. The fraction of sp³-hybridized carbons (Fsp3) is 0.417. The molecule has 17 heavy (non-hydrogen) atoms. The maximum atomic E-state index is 6.18. The van der Waals surface area contributed by atoms with E-state index in [1.165, 1.54) is 0 Å². The van der Waals surface area contributed by atoms with E-state index in [0.29, 0.717) is 0 Å². The van der Waals surface area contributed by atoms with Gasteiger partial charge in [0.15, 0.2) is 5.65 Å². The number of anilines is 1. The number of nitrogens with two attached hydrogens (primary N) is 1. The molecule has 2 rings (SSSR count). The van der Waals surface area contributed by atoms with Crippen molar-refractivity contribution in [2.45, 2.75) is 33.1 Å². The number of halogens is 2.